The molecule has 0 N–H and O–H groups in total. The van der Waals surface area contributed by atoms with E-state index in [0.717, 1.165) is 29.8 Å². The van der Waals surface area contributed by atoms with Gasteiger partial charge in [-0.2, -0.15) is 0 Å². The van der Waals surface area contributed by atoms with Crippen molar-refractivity contribution >= 4 is 11.6 Å². The predicted molar refractivity (Wildman–Crippen MR) is 123 cm³/mol. The van der Waals surface area contributed by atoms with E-state index in [-0.39, 0.29) is 18.1 Å². The summed E-state index contributed by atoms with van der Waals surface area (Å²) in [5.74, 6) is 1.56. The Morgan fingerprint density at radius 2 is 1.67 bits per heavy atom. The molecule has 0 aromatic heterocycles. The zero-order valence-corrected chi connectivity index (χ0v) is 19.1. The topological polar surface area (TPSA) is 36.0 Å². The number of hydrogen-bond donors (Lipinski definition) is 0. The summed E-state index contributed by atoms with van der Waals surface area (Å²) in [6.45, 7) is 5.06. The Hall–Kier alpha value is -2.53. The second-order valence-electron chi connectivity index (χ2n) is 8.80. The molecule has 5 heteroatoms. The van der Waals surface area contributed by atoms with Gasteiger partial charge in [-0.1, -0.05) is 38.1 Å². The lowest BCUT2D eigenvalue weighted by Crippen LogP contribution is -2.33. The van der Waals surface area contributed by atoms with Crippen molar-refractivity contribution in [3.05, 3.63) is 59.7 Å². The van der Waals surface area contributed by atoms with E-state index in [4.69, 9.17) is 4.74 Å². The van der Waals surface area contributed by atoms with Crippen LogP contribution in [-0.4, -0.2) is 56.5 Å². The second kappa shape index (κ2) is 9.52. The standard InChI is InChI=1S/C25H35N3O2/c1-18(2)17-23-25(29)28(16-15-19-7-13-22(30-6)14-8-19)24(27(23)5)20-9-11-21(12-10-20)26(3)4/h7-14,18,23-24H,15-17H2,1-6H3. The molecular formula is C25H35N3O2. The van der Waals surface area contributed by atoms with Gasteiger partial charge in [0.25, 0.3) is 0 Å². The summed E-state index contributed by atoms with van der Waals surface area (Å²) in [6.07, 6.45) is 1.67. The zero-order valence-electron chi connectivity index (χ0n) is 19.1. The van der Waals surface area contributed by atoms with Crippen LogP contribution >= 0.6 is 0 Å². The number of anilines is 1. The van der Waals surface area contributed by atoms with Gasteiger partial charge in [-0.3, -0.25) is 9.69 Å². The fourth-order valence-electron chi connectivity index (χ4n) is 4.22. The highest BCUT2D eigenvalue weighted by Crippen LogP contribution is 2.36. The lowest BCUT2D eigenvalue weighted by atomic mass is 10.0. The summed E-state index contributed by atoms with van der Waals surface area (Å²) in [5.41, 5.74) is 3.53. The van der Waals surface area contributed by atoms with E-state index in [1.165, 1.54) is 5.56 Å². The molecule has 2 aromatic rings. The largest absolute Gasteiger partial charge is 0.497 e. The van der Waals surface area contributed by atoms with Crippen molar-refractivity contribution in [1.82, 2.24) is 9.80 Å². The average Bonchev–Trinajstić information content (AvgIpc) is 2.96. The number of benzene rings is 2. The Morgan fingerprint density at radius 1 is 1.03 bits per heavy atom. The van der Waals surface area contributed by atoms with E-state index >= 15 is 0 Å². The number of amides is 1. The van der Waals surface area contributed by atoms with Crippen molar-refractivity contribution in [2.45, 2.75) is 38.9 Å². The van der Waals surface area contributed by atoms with Crippen LogP contribution in [0.25, 0.3) is 0 Å². The zero-order chi connectivity index (χ0) is 21.8. The highest BCUT2D eigenvalue weighted by molar-refractivity contribution is 5.84. The fraction of sp³-hybridized carbons (Fsp3) is 0.480. The average molecular weight is 410 g/mol. The van der Waals surface area contributed by atoms with Crippen LogP contribution in [0.5, 0.6) is 5.75 Å². The van der Waals surface area contributed by atoms with Crippen LogP contribution in [0.1, 0.15) is 37.6 Å². The van der Waals surface area contributed by atoms with E-state index in [1.807, 2.05) is 26.2 Å². The molecule has 0 radical (unpaired) electrons. The third kappa shape index (κ3) is 4.78. The molecule has 30 heavy (non-hydrogen) atoms. The molecule has 1 aliphatic heterocycles. The molecule has 162 valence electrons. The first kappa shape index (κ1) is 22.2. The van der Waals surface area contributed by atoms with Crippen LogP contribution in [0.2, 0.25) is 0 Å². The smallest absolute Gasteiger partial charge is 0.241 e. The van der Waals surface area contributed by atoms with Crippen molar-refractivity contribution in [3.8, 4) is 5.75 Å². The Morgan fingerprint density at radius 3 is 2.20 bits per heavy atom. The summed E-state index contributed by atoms with van der Waals surface area (Å²) in [4.78, 5) is 19.8. The lowest BCUT2D eigenvalue weighted by molar-refractivity contribution is -0.130. The van der Waals surface area contributed by atoms with Gasteiger partial charge < -0.3 is 14.5 Å². The molecule has 2 unspecified atom stereocenters. The van der Waals surface area contributed by atoms with Gasteiger partial charge in [0, 0.05) is 26.3 Å². The van der Waals surface area contributed by atoms with Crippen LogP contribution in [-0.2, 0) is 11.2 Å². The summed E-state index contributed by atoms with van der Waals surface area (Å²) in [6, 6.07) is 16.6. The normalized spacial score (nSPS) is 19.6. The van der Waals surface area contributed by atoms with E-state index in [2.05, 4.69) is 72.0 Å². The Labute approximate surface area is 181 Å². The molecule has 1 heterocycles. The summed E-state index contributed by atoms with van der Waals surface area (Å²) in [5, 5.41) is 0. The highest BCUT2D eigenvalue weighted by Gasteiger charge is 2.44. The van der Waals surface area contributed by atoms with Gasteiger partial charge >= 0.3 is 0 Å². The molecule has 0 saturated carbocycles. The van der Waals surface area contributed by atoms with Gasteiger partial charge in [0.2, 0.25) is 5.91 Å². The molecule has 3 rings (SSSR count). The molecule has 1 saturated heterocycles. The van der Waals surface area contributed by atoms with Crippen molar-refractivity contribution in [2.24, 2.45) is 5.92 Å². The number of carbonyl (C=O) groups is 1. The van der Waals surface area contributed by atoms with Crippen molar-refractivity contribution in [2.75, 3.05) is 39.7 Å². The molecule has 2 aromatic carbocycles. The second-order valence-corrected chi connectivity index (χ2v) is 8.80. The number of methoxy groups -OCH3 is 1. The first-order chi connectivity index (χ1) is 14.3. The van der Waals surface area contributed by atoms with Crippen LogP contribution in [0.4, 0.5) is 5.69 Å². The van der Waals surface area contributed by atoms with Gasteiger partial charge in [0.1, 0.15) is 11.9 Å². The number of nitrogens with zero attached hydrogens (tertiary/aromatic N) is 3. The number of rotatable bonds is 8. The third-order valence-electron chi connectivity index (χ3n) is 5.94. The van der Waals surface area contributed by atoms with Crippen LogP contribution < -0.4 is 9.64 Å². The van der Waals surface area contributed by atoms with Gasteiger partial charge in [-0.25, -0.2) is 0 Å². The highest BCUT2D eigenvalue weighted by atomic mass is 16.5. The minimum absolute atomic E-state index is 0.0317. The SMILES string of the molecule is COc1ccc(CCN2C(=O)C(CC(C)C)N(C)C2c2ccc(N(C)C)cc2)cc1. The van der Waals surface area contributed by atoms with E-state index in [0.29, 0.717) is 12.5 Å². The predicted octanol–water partition coefficient (Wildman–Crippen LogP) is 4.19. The van der Waals surface area contributed by atoms with E-state index in [9.17, 15) is 4.79 Å². The van der Waals surface area contributed by atoms with Crippen molar-refractivity contribution in [1.29, 1.82) is 0 Å². The quantitative estimate of drug-likeness (QED) is 0.655. The Bertz CT molecular complexity index is 830. The number of hydrogen-bond acceptors (Lipinski definition) is 4. The van der Waals surface area contributed by atoms with Crippen LogP contribution in [0.3, 0.4) is 0 Å². The minimum Gasteiger partial charge on any atom is -0.497 e. The summed E-state index contributed by atoms with van der Waals surface area (Å²) >= 11 is 0. The van der Waals surface area contributed by atoms with Gasteiger partial charge in [-0.15, -0.1) is 0 Å². The maximum atomic E-state index is 13.4. The molecule has 0 aliphatic carbocycles. The molecule has 1 fully saturated rings. The third-order valence-corrected chi connectivity index (χ3v) is 5.94. The van der Waals surface area contributed by atoms with Crippen molar-refractivity contribution in [3.63, 3.8) is 0 Å². The minimum atomic E-state index is -0.0700. The Balaban J connectivity index is 1.84. The molecule has 0 bridgehead atoms. The summed E-state index contributed by atoms with van der Waals surface area (Å²) < 4.78 is 5.26. The monoisotopic (exact) mass is 409 g/mol. The van der Waals surface area contributed by atoms with Crippen molar-refractivity contribution < 1.29 is 9.53 Å². The summed E-state index contributed by atoms with van der Waals surface area (Å²) in [7, 11) is 7.84. The molecule has 0 spiro atoms. The van der Waals surface area contributed by atoms with Gasteiger partial charge in [0.15, 0.2) is 0 Å². The van der Waals surface area contributed by atoms with Gasteiger partial charge in [-0.05, 0) is 61.2 Å². The maximum absolute atomic E-state index is 13.4. The maximum Gasteiger partial charge on any atom is 0.241 e. The lowest BCUT2D eigenvalue weighted by Gasteiger charge is -2.29. The molecule has 1 amide bonds. The van der Waals surface area contributed by atoms with E-state index < -0.39 is 0 Å². The number of likely N-dealkylation sites (N-methyl/N-ethyl adjacent to an activating group) is 1. The van der Waals surface area contributed by atoms with E-state index in [1.54, 1.807) is 7.11 Å². The first-order valence-corrected chi connectivity index (χ1v) is 10.7. The Kier molecular flexibility index (Phi) is 7.03. The molecular weight excluding hydrogens is 374 g/mol. The molecule has 2 atom stereocenters. The van der Waals surface area contributed by atoms with Gasteiger partial charge in [0.05, 0.1) is 13.2 Å². The number of ether oxygens (including phenoxy) is 1. The fourth-order valence-corrected chi connectivity index (χ4v) is 4.22. The number of carbonyl (C=O) groups excluding carboxylic acids is 1. The molecule has 5 nitrogen and oxygen atoms in total. The molecule has 1 aliphatic rings. The first-order valence-electron chi connectivity index (χ1n) is 10.7. The van der Waals surface area contributed by atoms with Crippen LogP contribution in [0.15, 0.2) is 48.5 Å². The van der Waals surface area contributed by atoms with Crippen LogP contribution in [0, 0.1) is 5.92 Å².